The van der Waals surface area contributed by atoms with E-state index in [9.17, 15) is 9.18 Å². The fraction of sp³-hybridized carbons (Fsp3) is 0.217. The van der Waals surface area contributed by atoms with Gasteiger partial charge in [-0.15, -0.1) is 0 Å². The minimum atomic E-state index is -0.606. The van der Waals surface area contributed by atoms with Crippen LogP contribution < -0.4 is 11.5 Å². The highest BCUT2D eigenvalue weighted by Crippen LogP contribution is 2.26. The van der Waals surface area contributed by atoms with E-state index in [4.69, 9.17) is 11.5 Å². The molecule has 1 saturated heterocycles. The molecule has 1 aliphatic heterocycles. The molecule has 7 nitrogen and oxygen atoms in total. The monoisotopic (exact) mass is 416 g/mol. The second-order valence-corrected chi connectivity index (χ2v) is 7.31. The maximum atomic E-state index is 14.9. The first kappa shape index (κ1) is 20.3. The number of benzene rings is 1. The Kier molecular flexibility index (Phi) is 5.50. The molecule has 3 aromatic rings. The Morgan fingerprint density at radius 2 is 1.87 bits per heavy atom. The van der Waals surface area contributed by atoms with Crippen LogP contribution in [0.15, 0.2) is 36.5 Å². The van der Waals surface area contributed by atoms with Crippen LogP contribution in [0.4, 0.5) is 16.2 Å². The molecule has 4 rings (SSSR count). The maximum absolute atomic E-state index is 14.9. The van der Waals surface area contributed by atoms with Crippen molar-refractivity contribution in [1.82, 2.24) is 19.9 Å². The number of nitrogens with two attached hydrogens (primary N) is 2. The molecule has 31 heavy (non-hydrogen) atoms. The average Bonchev–Trinajstić information content (AvgIpc) is 3.28. The van der Waals surface area contributed by atoms with Crippen LogP contribution in [0.25, 0.3) is 11.3 Å². The third-order valence-corrected chi connectivity index (χ3v) is 5.09. The lowest BCUT2D eigenvalue weighted by molar-refractivity contribution is 0.0788. The summed E-state index contributed by atoms with van der Waals surface area (Å²) in [5, 5.41) is 0. The number of carbonyl (C=O) groups excluding carboxylic acids is 1. The molecule has 0 spiro atoms. The molecule has 0 unspecified atom stereocenters. The molecule has 0 saturated carbocycles. The number of carbonyl (C=O) groups is 1. The van der Waals surface area contributed by atoms with Gasteiger partial charge >= 0.3 is 0 Å². The fourth-order valence-electron chi connectivity index (χ4n) is 3.49. The SMILES string of the molecule is Cc1nc(N)nc(-c2ccc(C(=O)N3CCCC3)c(F)c2)c1C#Cc1ccc(N)nc1. The van der Waals surface area contributed by atoms with Crippen molar-refractivity contribution in [3.63, 3.8) is 0 Å². The van der Waals surface area contributed by atoms with Gasteiger partial charge in [0.15, 0.2) is 0 Å². The summed E-state index contributed by atoms with van der Waals surface area (Å²) in [7, 11) is 0. The van der Waals surface area contributed by atoms with Crippen LogP contribution in [-0.4, -0.2) is 38.8 Å². The number of hydrogen-bond acceptors (Lipinski definition) is 6. The molecule has 156 valence electrons. The van der Waals surface area contributed by atoms with E-state index in [1.807, 2.05) is 0 Å². The highest BCUT2D eigenvalue weighted by atomic mass is 19.1. The molecule has 4 N–H and O–H groups in total. The third kappa shape index (κ3) is 4.31. The minimum absolute atomic E-state index is 0.0463. The van der Waals surface area contributed by atoms with Crippen molar-refractivity contribution in [3.8, 4) is 23.1 Å². The van der Waals surface area contributed by atoms with Crippen LogP contribution in [-0.2, 0) is 0 Å². The van der Waals surface area contributed by atoms with Crippen LogP contribution in [0, 0.1) is 24.6 Å². The zero-order valence-electron chi connectivity index (χ0n) is 17.0. The summed E-state index contributed by atoms with van der Waals surface area (Å²) in [6.45, 7) is 3.07. The highest BCUT2D eigenvalue weighted by molar-refractivity contribution is 5.95. The Bertz CT molecular complexity index is 1210. The van der Waals surface area contributed by atoms with Crippen LogP contribution in [0.1, 0.15) is 40.0 Å². The number of nitrogen functional groups attached to an aromatic ring is 2. The van der Waals surface area contributed by atoms with E-state index in [0.29, 0.717) is 47.0 Å². The summed E-state index contributed by atoms with van der Waals surface area (Å²) in [6, 6.07) is 7.84. The van der Waals surface area contributed by atoms with Crippen molar-refractivity contribution >= 4 is 17.7 Å². The van der Waals surface area contributed by atoms with Crippen molar-refractivity contribution in [3.05, 3.63) is 64.7 Å². The molecule has 0 atom stereocenters. The topological polar surface area (TPSA) is 111 Å². The number of aryl methyl sites for hydroxylation is 1. The normalized spacial score (nSPS) is 13.0. The molecule has 0 radical (unpaired) electrons. The number of likely N-dealkylation sites (tertiary alicyclic amines) is 1. The zero-order valence-corrected chi connectivity index (χ0v) is 17.0. The summed E-state index contributed by atoms with van der Waals surface area (Å²) in [5.74, 6) is 5.59. The maximum Gasteiger partial charge on any atom is 0.256 e. The van der Waals surface area contributed by atoms with Gasteiger partial charge < -0.3 is 16.4 Å². The summed E-state index contributed by atoms with van der Waals surface area (Å²) in [4.78, 5) is 26.7. The summed E-state index contributed by atoms with van der Waals surface area (Å²) in [6.07, 6.45) is 3.45. The van der Waals surface area contributed by atoms with Gasteiger partial charge in [-0.25, -0.2) is 19.3 Å². The van der Waals surface area contributed by atoms with Gasteiger partial charge in [-0.1, -0.05) is 17.9 Å². The van der Waals surface area contributed by atoms with E-state index in [2.05, 4.69) is 26.8 Å². The Hall–Kier alpha value is -3.99. The molecule has 8 heteroatoms. The van der Waals surface area contributed by atoms with Gasteiger partial charge in [-0.2, -0.15) is 0 Å². The van der Waals surface area contributed by atoms with Crippen LogP contribution in [0.2, 0.25) is 0 Å². The lowest BCUT2D eigenvalue weighted by Crippen LogP contribution is -2.28. The molecule has 0 aliphatic carbocycles. The van der Waals surface area contributed by atoms with E-state index in [0.717, 1.165) is 12.8 Å². The van der Waals surface area contributed by atoms with Crippen molar-refractivity contribution in [2.45, 2.75) is 19.8 Å². The van der Waals surface area contributed by atoms with Gasteiger partial charge in [0.1, 0.15) is 11.6 Å². The van der Waals surface area contributed by atoms with Crippen molar-refractivity contribution in [2.24, 2.45) is 0 Å². The van der Waals surface area contributed by atoms with E-state index in [1.165, 1.54) is 12.1 Å². The quantitative estimate of drug-likeness (QED) is 0.622. The summed E-state index contributed by atoms with van der Waals surface area (Å²) in [5.41, 5.74) is 14.1. The smallest absolute Gasteiger partial charge is 0.256 e. The van der Waals surface area contributed by atoms with Gasteiger partial charge in [-0.05, 0) is 44.0 Å². The standard InChI is InChI=1S/C23H21FN6O/c1-14-17(7-4-15-5-9-20(25)27-13-15)21(29-23(26)28-14)16-6-8-18(19(24)12-16)22(31)30-10-2-3-11-30/h5-6,8-9,12-13H,2-3,10-11H2,1H3,(H2,25,27)(H2,26,28,29). The van der Waals surface area contributed by atoms with Crippen molar-refractivity contribution < 1.29 is 9.18 Å². The minimum Gasteiger partial charge on any atom is -0.384 e. The molecule has 0 bridgehead atoms. The van der Waals surface area contributed by atoms with E-state index < -0.39 is 5.82 Å². The molecule has 2 aromatic heterocycles. The van der Waals surface area contributed by atoms with Gasteiger partial charge in [0.25, 0.3) is 5.91 Å². The number of rotatable bonds is 2. The lowest BCUT2D eigenvalue weighted by Gasteiger charge is -2.16. The van der Waals surface area contributed by atoms with Crippen LogP contribution in [0.5, 0.6) is 0 Å². The Labute approximate surface area is 179 Å². The molecular formula is C23H21FN6O. The third-order valence-electron chi connectivity index (χ3n) is 5.09. The number of amides is 1. The molecule has 1 fully saturated rings. The second-order valence-electron chi connectivity index (χ2n) is 7.31. The predicted molar refractivity (Wildman–Crippen MR) is 116 cm³/mol. The molecular weight excluding hydrogens is 395 g/mol. The lowest BCUT2D eigenvalue weighted by atomic mass is 10.0. The summed E-state index contributed by atoms with van der Waals surface area (Å²) < 4.78 is 14.9. The van der Waals surface area contributed by atoms with Gasteiger partial charge in [-0.3, -0.25) is 4.79 Å². The van der Waals surface area contributed by atoms with Gasteiger partial charge in [0, 0.05) is 30.4 Å². The van der Waals surface area contributed by atoms with Crippen molar-refractivity contribution in [1.29, 1.82) is 0 Å². The molecule has 3 heterocycles. The number of aromatic nitrogens is 3. The first-order valence-electron chi connectivity index (χ1n) is 9.89. The average molecular weight is 416 g/mol. The number of halogens is 1. The van der Waals surface area contributed by atoms with E-state index >= 15 is 0 Å². The molecule has 1 amide bonds. The first-order chi connectivity index (χ1) is 14.9. The fourth-order valence-corrected chi connectivity index (χ4v) is 3.49. The van der Waals surface area contributed by atoms with E-state index in [-0.39, 0.29) is 17.4 Å². The van der Waals surface area contributed by atoms with Crippen LogP contribution in [0.3, 0.4) is 0 Å². The zero-order chi connectivity index (χ0) is 22.0. The summed E-state index contributed by atoms with van der Waals surface area (Å²) >= 11 is 0. The second kappa shape index (κ2) is 8.40. The Morgan fingerprint density at radius 3 is 2.55 bits per heavy atom. The Balaban J connectivity index is 1.73. The van der Waals surface area contributed by atoms with Gasteiger partial charge in [0.05, 0.1) is 22.5 Å². The molecule has 1 aromatic carbocycles. The highest BCUT2D eigenvalue weighted by Gasteiger charge is 2.23. The number of pyridine rings is 1. The van der Waals surface area contributed by atoms with E-state index in [1.54, 1.807) is 36.2 Å². The number of anilines is 2. The van der Waals surface area contributed by atoms with Crippen molar-refractivity contribution in [2.75, 3.05) is 24.6 Å². The van der Waals surface area contributed by atoms with Gasteiger partial charge in [0.2, 0.25) is 5.95 Å². The Morgan fingerprint density at radius 1 is 1.10 bits per heavy atom. The largest absolute Gasteiger partial charge is 0.384 e. The predicted octanol–water partition coefficient (Wildman–Crippen LogP) is 2.79. The van der Waals surface area contributed by atoms with Crippen LogP contribution >= 0.6 is 0 Å². The first-order valence-corrected chi connectivity index (χ1v) is 9.89. The number of hydrogen-bond donors (Lipinski definition) is 2. The molecule has 1 aliphatic rings. The number of nitrogens with zero attached hydrogens (tertiary/aromatic N) is 4.